The number of nitrogens with zero attached hydrogens (tertiary/aromatic N) is 2. The predicted octanol–water partition coefficient (Wildman–Crippen LogP) is 4.47. The molecule has 0 bridgehead atoms. The van der Waals surface area contributed by atoms with Crippen LogP contribution in [-0.4, -0.2) is 61.8 Å². The van der Waals surface area contributed by atoms with Crippen molar-refractivity contribution < 1.29 is 13.9 Å². The fourth-order valence-corrected chi connectivity index (χ4v) is 3.82. The van der Waals surface area contributed by atoms with Crippen molar-refractivity contribution in [3.63, 3.8) is 0 Å². The minimum atomic E-state index is -0.611. The summed E-state index contributed by atoms with van der Waals surface area (Å²) in [5.74, 6) is 0.938. The molecule has 0 unspecified atom stereocenters. The van der Waals surface area contributed by atoms with Crippen LogP contribution in [0.25, 0.3) is 21.9 Å². The molecule has 3 aromatic rings. The van der Waals surface area contributed by atoms with Gasteiger partial charge < -0.3 is 18.8 Å². The lowest BCUT2D eigenvalue weighted by Gasteiger charge is -2.31. The Kier molecular flexibility index (Phi) is 6.86. The van der Waals surface area contributed by atoms with Gasteiger partial charge in [0.25, 0.3) is 0 Å². The zero-order chi connectivity index (χ0) is 23.4. The van der Waals surface area contributed by atoms with Crippen molar-refractivity contribution in [1.29, 1.82) is 0 Å². The van der Waals surface area contributed by atoms with E-state index in [9.17, 15) is 4.79 Å². The van der Waals surface area contributed by atoms with Gasteiger partial charge in [-0.05, 0) is 51.2 Å². The number of hydrogen-bond donors (Lipinski definition) is 0. The molecule has 1 aliphatic heterocycles. The molecule has 1 aromatic heterocycles. The molecule has 6 nitrogen and oxygen atoms in total. The Bertz CT molecular complexity index is 1220. The van der Waals surface area contributed by atoms with Gasteiger partial charge in [0.1, 0.15) is 17.8 Å². The van der Waals surface area contributed by atoms with Crippen molar-refractivity contribution in [1.82, 2.24) is 9.80 Å². The highest BCUT2D eigenvalue weighted by molar-refractivity contribution is 5.93. The minimum Gasteiger partial charge on any atom is -0.482 e. The van der Waals surface area contributed by atoms with E-state index in [1.807, 2.05) is 32.1 Å². The second-order valence-electron chi connectivity index (χ2n) is 8.99. The van der Waals surface area contributed by atoms with Crippen molar-refractivity contribution in [3.8, 4) is 11.5 Å². The second-order valence-corrected chi connectivity index (χ2v) is 8.99. The smallest absolute Gasteiger partial charge is 0.205 e. The van der Waals surface area contributed by atoms with Crippen LogP contribution in [0.3, 0.4) is 0 Å². The lowest BCUT2D eigenvalue weighted by atomic mass is 10.1. The summed E-state index contributed by atoms with van der Waals surface area (Å²) in [5.41, 5.74) is 0.214. The first-order chi connectivity index (χ1) is 15.9. The van der Waals surface area contributed by atoms with Gasteiger partial charge in [0.2, 0.25) is 11.2 Å². The van der Waals surface area contributed by atoms with E-state index >= 15 is 0 Å². The Morgan fingerprint density at radius 3 is 2.58 bits per heavy atom. The van der Waals surface area contributed by atoms with Gasteiger partial charge in [-0.1, -0.05) is 30.9 Å². The number of hydrogen-bond acceptors (Lipinski definition) is 6. The monoisotopic (exact) mass is 448 g/mol. The molecule has 0 spiro atoms. The Balaban J connectivity index is 1.62. The number of ether oxygens (including phenoxy) is 2. The zero-order valence-corrected chi connectivity index (χ0v) is 19.7. The number of piperazine rings is 1. The van der Waals surface area contributed by atoms with Gasteiger partial charge in [0, 0.05) is 32.7 Å². The van der Waals surface area contributed by atoms with Gasteiger partial charge in [-0.2, -0.15) is 0 Å². The van der Waals surface area contributed by atoms with Gasteiger partial charge in [-0.3, -0.25) is 9.69 Å². The van der Waals surface area contributed by atoms with Crippen molar-refractivity contribution in [2.24, 2.45) is 0 Å². The maximum atomic E-state index is 13.1. The van der Waals surface area contributed by atoms with Crippen LogP contribution in [0, 0.1) is 0 Å². The number of rotatable bonds is 8. The van der Waals surface area contributed by atoms with E-state index in [-0.39, 0.29) is 5.43 Å². The summed E-state index contributed by atoms with van der Waals surface area (Å²) in [5, 5.41) is 1.01. The molecule has 0 radical (unpaired) electrons. The molecule has 2 heterocycles. The van der Waals surface area contributed by atoms with Crippen LogP contribution in [0.2, 0.25) is 0 Å². The first-order valence-electron chi connectivity index (χ1n) is 11.4. The fourth-order valence-electron chi connectivity index (χ4n) is 3.82. The van der Waals surface area contributed by atoms with Gasteiger partial charge in [0.15, 0.2) is 11.3 Å². The predicted molar refractivity (Wildman–Crippen MR) is 133 cm³/mol. The second kappa shape index (κ2) is 9.81. The third-order valence-corrected chi connectivity index (χ3v) is 5.98. The summed E-state index contributed by atoms with van der Waals surface area (Å²) in [4.78, 5) is 17.8. The molecule has 0 atom stereocenters. The van der Waals surface area contributed by atoms with Crippen LogP contribution in [-0.2, 0) is 0 Å². The first kappa shape index (κ1) is 23.1. The van der Waals surface area contributed by atoms with Crippen molar-refractivity contribution in [3.05, 3.63) is 71.4 Å². The Morgan fingerprint density at radius 2 is 1.82 bits per heavy atom. The fraction of sp³-hybridized carbons (Fsp3) is 0.370. The van der Waals surface area contributed by atoms with Crippen LogP contribution in [0.1, 0.15) is 13.8 Å². The normalized spacial score (nSPS) is 16.0. The SMILES string of the molecule is C=CC(C)(C)Oc1ccc2c(=O)c3ccccc3oc2c1OC/C=C/CN1CCN(C)CC1. The molecular weight excluding hydrogens is 416 g/mol. The molecule has 0 N–H and O–H groups in total. The van der Waals surface area contributed by atoms with E-state index < -0.39 is 5.60 Å². The maximum absolute atomic E-state index is 13.1. The van der Waals surface area contributed by atoms with E-state index in [1.165, 1.54) is 0 Å². The largest absolute Gasteiger partial charge is 0.482 e. The van der Waals surface area contributed by atoms with E-state index in [2.05, 4.69) is 29.5 Å². The molecular formula is C27H32N2O4. The molecule has 0 aliphatic carbocycles. The summed E-state index contributed by atoms with van der Waals surface area (Å²) < 4.78 is 18.4. The van der Waals surface area contributed by atoms with Gasteiger partial charge in [-0.25, -0.2) is 0 Å². The topological polar surface area (TPSA) is 55.2 Å². The Morgan fingerprint density at radius 1 is 1.06 bits per heavy atom. The standard InChI is InChI=1S/C27H32N2O4/c1-5-27(2,3)33-23-13-12-21-24(30)20-10-6-7-11-22(20)32-25(21)26(23)31-19-9-8-14-29-17-15-28(4)16-18-29/h5-13H,1,14-19H2,2-4H3/b9-8+. The Labute approximate surface area is 194 Å². The Hall–Kier alpha value is -3.09. The summed E-state index contributed by atoms with van der Waals surface area (Å²) in [6.07, 6.45) is 5.85. The molecule has 6 heteroatoms. The molecule has 0 amide bonds. The maximum Gasteiger partial charge on any atom is 0.205 e. The number of fused-ring (bicyclic) bond motifs is 2. The molecule has 1 aliphatic rings. The van der Waals surface area contributed by atoms with Crippen LogP contribution < -0.4 is 14.9 Å². The van der Waals surface area contributed by atoms with Gasteiger partial charge >= 0.3 is 0 Å². The van der Waals surface area contributed by atoms with Crippen molar-refractivity contribution in [2.45, 2.75) is 19.4 Å². The van der Waals surface area contributed by atoms with Crippen LogP contribution >= 0.6 is 0 Å². The highest BCUT2D eigenvalue weighted by Gasteiger charge is 2.22. The van der Waals surface area contributed by atoms with E-state index in [0.29, 0.717) is 40.0 Å². The third-order valence-electron chi connectivity index (χ3n) is 5.98. The highest BCUT2D eigenvalue weighted by Crippen LogP contribution is 2.38. The molecule has 33 heavy (non-hydrogen) atoms. The zero-order valence-electron chi connectivity index (χ0n) is 19.7. The summed E-state index contributed by atoms with van der Waals surface area (Å²) in [6.45, 7) is 13.2. The molecule has 1 saturated heterocycles. The van der Waals surface area contributed by atoms with Crippen LogP contribution in [0.15, 0.2) is 70.4 Å². The van der Waals surface area contributed by atoms with E-state index in [0.717, 1.165) is 32.7 Å². The molecule has 1 fully saturated rings. The molecule has 4 rings (SSSR count). The van der Waals surface area contributed by atoms with Gasteiger partial charge in [-0.15, -0.1) is 0 Å². The summed E-state index contributed by atoms with van der Waals surface area (Å²) in [6, 6.07) is 10.7. The molecule has 2 aromatic carbocycles. The highest BCUT2D eigenvalue weighted by atomic mass is 16.5. The van der Waals surface area contributed by atoms with E-state index in [1.54, 1.807) is 30.3 Å². The molecule has 0 saturated carbocycles. The lowest BCUT2D eigenvalue weighted by molar-refractivity contribution is 0.154. The van der Waals surface area contributed by atoms with Crippen molar-refractivity contribution in [2.75, 3.05) is 46.4 Å². The van der Waals surface area contributed by atoms with Crippen LogP contribution in [0.5, 0.6) is 11.5 Å². The lowest BCUT2D eigenvalue weighted by Crippen LogP contribution is -2.44. The number of para-hydroxylation sites is 1. The summed E-state index contributed by atoms with van der Waals surface area (Å²) >= 11 is 0. The van der Waals surface area contributed by atoms with Crippen molar-refractivity contribution >= 4 is 21.9 Å². The van der Waals surface area contributed by atoms with E-state index in [4.69, 9.17) is 13.9 Å². The third kappa shape index (κ3) is 5.29. The van der Waals surface area contributed by atoms with Gasteiger partial charge in [0.05, 0.1) is 10.8 Å². The minimum absolute atomic E-state index is 0.0863. The molecule has 174 valence electrons. The van der Waals surface area contributed by atoms with Crippen LogP contribution in [0.4, 0.5) is 0 Å². The average Bonchev–Trinajstić information content (AvgIpc) is 2.81. The number of likely N-dealkylation sites (N-methyl/N-ethyl adjacent to an activating group) is 1. The quantitative estimate of drug-likeness (QED) is 0.374. The average molecular weight is 449 g/mol. The first-order valence-corrected chi connectivity index (χ1v) is 11.4. The number of benzene rings is 2. The summed E-state index contributed by atoms with van der Waals surface area (Å²) in [7, 11) is 2.15.